The maximum absolute atomic E-state index is 12.7. The van der Waals surface area contributed by atoms with Gasteiger partial charge in [0.15, 0.2) is 0 Å². The van der Waals surface area contributed by atoms with Gasteiger partial charge in [0, 0.05) is 25.2 Å². The Morgan fingerprint density at radius 3 is 2.71 bits per heavy atom. The number of hydrogen-bond donors (Lipinski definition) is 1. The molecule has 0 radical (unpaired) electrons. The molecule has 4 nitrogen and oxygen atoms in total. The van der Waals surface area contributed by atoms with Gasteiger partial charge in [-0.05, 0) is 31.7 Å². The Labute approximate surface area is 135 Å². The molecule has 1 fully saturated rings. The Bertz CT molecular complexity index is 535. The number of halogens is 2. The summed E-state index contributed by atoms with van der Waals surface area (Å²) >= 11 is 12.0. The SMILES string of the molecule is COc1cc(Cl)c(Cl)cc1C(=O)N1CCCC(C(C)N)C1. The molecule has 1 saturated heterocycles. The summed E-state index contributed by atoms with van der Waals surface area (Å²) in [5, 5.41) is 0.721. The topological polar surface area (TPSA) is 55.6 Å². The number of amides is 1. The van der Waals surface area contributed by atoms with E-state index in [1.807, 2.05) is 11.8 Å². The average molecular weight is 331 g/mol. The number of ether oxygens (including phenoxy) is 1. The number of nitrogens with two attached hydrogens (primary N) is 1. The largest absolute Gasteiger partial charge is 0.496 e. The van der Waals surface area contributed by atoms with Crippen molar-refractivity contribution in [2.45, 2.75) is 25.8 Å². The highest BCUT2D eigenvalue weighted by Gasteiger charge is 2.28. The zero-order chi connectivity index (χ0) is 15.6. The van der Waals surface area contributed by atoms with Gasteiger partial charge in [0.25, 0.3) is 5.91 Å². The number of nitrogens with zero attached hydrogens (tertiary/aromatic N) is 1. The number of likely N-dealkylation sites (tertiary alicyclic amines) is 1. The number of methoxy groups -OCH3 is 1. The Hall–Kier alpha value is -0.970. The van der Waals surface area contributed by atoms with Gasteiger partial charge in [-0.2, -0.15) is 0 Å². The molecule has 1 amide bonds. The van der Waals surface area contributed by atoms with Crippen LogP contribution in [0.5, 0.6) is 5.75 Å². The first-order valence-corrected chi connectivity index (χ1v) is 7.77. The maximum Gasteiger partial charge on any atom is 0.257 e. The molecular formula is C15H20Cl2N2O2. The van der Waals surface area contributed by atoms with E-state index in [-0.39, 0.29) is 11.9 Å². The summed E-state index contributed by atoms with van der Waals surface area (Å²) in [4.78, 5) is 14.5. The van der Waals surface area contributed by atoms with Gasteiger partial charge in [-0.1, -0.05) is 23.2 Å². The van der Waals surface area contributed by atoms with E-state index in [9.17, 15) is 4.79 Å². The van der Waals surface area contributed by atoms with E-state index in [0.717, 1.165) is 19.4 Å². The van der Waals surface area contributed by atoms with Crippen LogP contribution in [0.25, 0.3) is 0 Å². The second kappa shape index (κ2) is 6.86. The van der Waals surface area contributed by atoms with E-state index in [1.54, 1.807) is 12.1 Å². The van der Waals surface area contributed by atoms with Crippen LogP contribution >= 0.6 is 23.2 Å². The lowest BCUT2D eigenvalue weighted by atomic mass is 9.92. The van der Waals surface area contributed by atoms with Crippen molar-refractivity contribution in [2.24, 2.45) is 11.7 Å². The molecule has 2 unspecified atom stereocenters. The molecule has 0 aromatic heterocycles. The predicted molar refractivity (Wildman–Crippen MR) is 85.3 cm³/mol. The van der Waals surface area contributed by atoms with Gasteiger partial charge in [-0.3, -0.25) is 4.79 Å². The van der Waals surface area contributed by atoms with Gasteiger partial charge in [0.05, 0.1) is 22.7 Å². The molecule has 1 aliphatic rings. The van der Waals surface area contributed by atoms with Crippen molar-refractivity contribution < 1.29 is 9.53 Å². The van der Waals surface area contributed by atoms with Gasteiger partial charge in [-0.25, -0.2) is 0 Å². The normalized spacial score (nSPS) is 20.2. The minimum absolute atomic E-state index is 0.0799. The fraction of sp³-hybridized carbons (Fsp3) is 0.533. The minimum atomic E-state index is -0.0873. The highest BCUT2D eigenvalue weighted by atomic mass is 35.5. The van der Waals surface area contributed by atoms with Crippen molar-refractivity contribution in [3.8, 4) is 5.75 Å². The third-order valence-corrected chi connectivity index (χ3v) is 4.68. The molecule has 1 heterocycles. The van der Waals surface area contributed by atoms with Crippen LogP contribution in [0.1, 0.15) is 30.1 Å². The number of hydrogen-bond acceptors (Lipinski definition) is 3. The first-order chi connectivity index (χ1) is 9.93. The van der Waals surface area contributed by atoms with E-state index >= 15 is 0 Å². The lowest BCUT2D eigenvalue weighted by molar-refractivity contribution is 0.0657. The lowest BCUT2D eigenvalue weighted by Crippen LogP contribution is -2.45. The van der Waals surface area contributed by atoms with Crippen molar-refractivity contribution >= 4 is 29.1 Å². The number of carbonyl (C=O) groups excluding carboxylic acids is 1. The van der Waals surface area contributed by atoms with Crippen LogP contribution in [-0.2, 0) is 0 Å². The standard InChI is InChI=1S/C15H20Cl2N2O2/c1-9(18)10-4-3-5-19(8-10)15(20)11-6-12(16)13(17)7-14(11)21-2/h6-7,9-10H,3-5,8,18H2,1-2H3. The summed E-state index contributed by atoms with van der Waals surface area (Å²) in [6.45, 7) is 3.38. The Morgan fingerprint density at radius 1 is 1.43 bits per heavy atom. The van der Waals surface area contributed by atoms with Crippen LogP contribution in [0, 0.1) is 5.92 Å². The minimum Gasteiger partial charge on any atom is -0.496 e. The van der Waals surface area contributed by atoms with Crippen molar-refractivity contribution in [1.29, 1.82) is 0 Å². The molecule has 0 spiro atoms. The maximum atomic E-state index is 12.7. The molecule has 1 aliphatic heterocycles. The second-order valence-corrected chi connectivity index (χ2v) is 6.29. The first-order valence-electron chi connectivity index (χ1n) is 7.02. The molecule has 0 bridgehead atoms. The highest BCUT2D eigenvalue weighted by molar-refractivity contribution is 6.42. The summed E-state index contributed by atoms with van der Waals surface area (Å²) in [5.41, 5.74) is 6.41. The molecule has 1 aromatic carbocycles. The lowest BCUT2D eigenvalue weighted by Gasteiger charge is -2.35. The molecule has 1 aromatic rings. The van der Waals surface area contributed by atoms with E-state index in [2.05, 4.69) is 0 Å². The van der Waals surface area contributed by atoms with Crippen molar-refractivity contribution in [2.75, 3.05) is 20.2 Å². The van der Waals surface area contributed by atoms with Crippen LogP contribution in [0.3, 0.4) is 0 Å². The van der Waals surface area contributed by atoms with Crippen LogP contribution in [-0.4, -0.2) is 37.0 Å². The molecule has 0 aliphatic carbocycles. The monoisotopic (exact) mass is 330 g/mol. The fourth-order valence-electron chi connectivity index (χ4n) is 2.66. The zero-order valence-corrected chi connectivity index (χ0v) is 13.7. The summed E-state index contributed by atoms with van der Waals surface area (Å²) in [6, 6.07) is 3.22. The third-order valence-electron chi connectivity index (χ3n) is 3.96. The zero-order valence-electron chi connectivity index (χ0n) is 12.2. The molecule has 116 valence electrons. The predicted octanol–water partition coefficient (Wildman–Crippen LogP) is 3.20. The molecule has 21 heavy (non-hydrogen) atoms. The van der Waals surface area contributed by atoms with Gasteiger partial charge >= 0.3 is 0 Å². The Kier molecular flexibility index (Phi) is 5.36. The van der Waals surface area contributed by atoms with Crippen molar-refractivity contribution in [3.63, 3.8) is 0 Å². The van der Waals surface area contributed by atoms with Crippen molar-refractivity contribution in [3.05, 3.63) is 27.7 Å². The number of benzene rings is 1. The van der Waals surface area contributed by atoms with Crippen molar-refractivity contribution in [1.82, 2.24) is 4.90 Å². The summed E-state index contributed by atoms with van der Waals surface area (Å²) in [6.07, 6.45) is 2.02. The number of carbonyl (C=O) groups is 1. The average Bonchev–Trinajstić information content (AvgIpc) is 2.48. The number of rotatable bonds is 3. The summed E-state index contributed by atoms with van der Waals surface area (Å²) < 4.78 is 5.25. The third kappa shape index (κ3) is 3.62. The highest BCUT2D eigenvalue weighted by Crippen LogP contribution is 2.32. The molecule has 6 heteroatoms. The molecule has 2 N–H and O–H groups in total. The van der Waals surface area contributed by atoms with Gasteiger partial charge < -0.3 is 15.4 Å². The second-order valence-electron chi connectivity index (χ2n) is 5.48. The van der Waals surface area contributed by atoms with E-state index in [1.165, 1.54) is 7.11 Å². The van der Waals surface area contributed by atoms with E-state index < -0.39 is 0 Å². The smallest absolute Gasteiger partial charge is 0.257 e. The molecule has 2 rings (SSSR count). The molecular weight excluding hydrogens is 311 g/mol. The number of piperidine rings is 1. The quantitative estimate of drug-likeness (QED) is 0.925. The molecule has 0 saturated carbocycles. The van der Waals surface area contributed by atoms with Crippen LogP contribution in [0.15, 0.2) is 12.1 Å². The van der Waals surface area contributed by atoms with Gasteiger partial charge in [0.2, 0.25) is 0 Å². The molecule has 2 atom stereocenters. The van der Waals surface area contributed by atoms with E-state index in [0.29, 0.717) is 33.8 Å². The summed E-state index contributed by atoms with van der Waals surface area (Å²) in [5.74, 6) is 0.685. The van der Waals surface area contributed by atoms with Gasteiger partial charge in [0.1, 0.15) is 5.75 Å². The Morgan fingerprint density at radius 2 is 2.10 bits per heavy atom. The van der Waals surface area contributed by atoms with Crippen LogP contribution in [0.4, 0.5) is 0 Å². The van der Waals surface area contributed by atoms with Crippen LogP contribution in [0.2, 0.25) is 10.0 Å². The fourth-order valence-corrected chi connectivity index (χ4v) is 2.98. The van der Waals surface area contributed by atoms with E-state index in [4.69, 9.17) is 33.7 Å². The summed E-state index contributed by atoms with van der Waals surface area (Å²) in [7, 11) is 1.51. The first kappa shape index (κ1) is 16.4. The van der Waals surface area contributed by atoms with Crippen LogP contribution < -0.4 is 10.5 Å². The van der Waals surface area contributed by atoms with Gasteiger partial charge in [-0.15, -0.1) is 0 Å². The Balaban J connectivity index is 2.25.